The van der Waals surface area contributed by atoms with Crippen LogP contribution in [0.5, 0.6) is 0 Å². The van der Waals surface area contributed by atoms with Crippen molar-refractivity contribution in [2.24, 2.45) is 0 Å². The van der Waals surface area contributed by atoms with Crippen LogP contribution in [0.25, 0.3) is 0 Å². The lowest BCUT2D eigenvalue weighted by Crippen LogP contribution is -2.39. The SMILES string of the molecule is Fc1cc(F)c(CCn2c(C3CC3)nnc2C2(c3ccccn3)CCC2)c(F)c1. The smallest absolute Gasteiger partial charge is 0.145 e. The van der Waals surface area contributed by atoms with Gasteiger partial charge in [0, 0.05) is 36.4 Å². The highest BCUT2D eigenvalue weighted by atomic mass is 19.1. The zero-order valence-electron chi connectivity index (χ0n) is 15.9. The first-order valence-corrected chi connectivity index (χ1v) is 10.1. The van der Waals surface area contributed by atoms with Gasteiger partial charge in [-0.25, -0.2) is 13.2 Å². The van der Waals surface area contributed by atoms with Gasteiger partial charge in [0.05, 0.1) is 11.1 Å². The molecule has 0 N–H and O–H groups in total. The third-order valence-electron chi connectivity index (χ3n) is 6.20. The molecule has 2 fully saturated rings. The van der Waals surface area contributed by atoms with Crippen LogP contribution in [-0.2, 0) is 18.4 Å². The maximum absolute atomic E-state index is 14.2. The van der Waals surface area contributed by atoms with Crippen LogP contribution in [-0.4, -0.2) is 19.7 Å². The van der Waals surface area contributed by atoms with Crippen LogP contribution in [0.1, 0.15) is 60.9 Å². The average Bonchev–Trinajstić information content (AvgIpc) is 3.42. The summed E-state index contributed by atoms with van der Waals surface area (Å²) in [4.78, 5) is 4.57. The van der Waals surface area contributed by atoms with Crippen molar-refractivity contribution in [3.63, 3.8) is 0 Å². The summed E-state index contributed by atoms with van der Waals surface area (Å²) in [7, 11) is 0. The minimum atomic E-state index is -0.907. The van der Waals surface area contributed by atoms with E-state index >= 15 is 0 Å². The van der Waals surface area contributed by atoms with E-state index in [1.807, 2.05) is 22.8 Å². The molecule has 0 bridgehead atoms. The highest BCUT2D eigenvalue weighted by Gasteiger charge is 2.47. The molecule has 0 amide bonds. The predicted octanol–water partition coefficient (Wildman–Crippen LogP) is 4.68. The Bertz CT molecular complexity index is 1020. The number of halogens is 3. The molecule has 150 valence electrons. The van der Waals surface area contributed by atoms with Crippen molar-refractivity contribution in [2.45, 2.75) is 56.4 Å². The number of nitrogens with zero attached hydrogens (tertiary/aromatic N) is 4. The number of hydrogen-bond acceptors (Lipinski definition) is 3. The number of hydrogen-bond donors (Lipinski definition) is 0. The molecule has 2 aliphatic carbocycles. The molecule has 4 nitrogen and oxygen atoms in total. The van der Waals surface area contributed by atoms with Crippen LogP contribution in [0.3, 0.4) is 0 Å². The van der Waals surface area contributed by atoms with Crippen LogP contribution < -0.4 is 0 Å². The van der Waals surface area contributed by atoms with Gasteiger partial charge in [0.2, 0.25) is 0 Å². The fraction of sp³-hybridized carbons (Fsp3) is 0.409. The molecular weight excluding hydrogens is 377 g/mol. The summed E-state index contributed by atoms with van der Waals surface area (Å²) in [5, 5.41) is 9.01. The Labute approximate surface area is 166 Å². The second-order valence-electron chi connectivity index (χ2n) is 8.06. The van der Waals surface area contributed by atoms with E-state index in [-0.39, 0.29) is 17.4 Å². The second kappa shape index (κ2) is 6.97. The summed E-state index contributed by atoms with van der Waals surface area (Å²) in [5.41, 5.74) is 0.552. The van der Waals surface area contributed by atoms with E-state index < -0.39 is 17.5 Å². The molecule has 0 radical (unpaired) electrons. The first kappa shape index (κ1) is 18.3. The molecule has 5 rings (SSSR count). The molecule has 2 saturated carbocycles. The number of aromatic nitrogens is 4. The maximum atomic E-state index is 14.2. The highest BCUT2D eigenvalue weighted by molar-refractivity contribution is 5.32. The van der Waals surface area contributed by atoms with Crippen molar-refractivity contribution in [1.29, 1.82) is 0 Å². The summed E-state index contributed by atoms with van der Waals surface area (Å²) < 4.78 is 43.6. The van der Waals surface area contributed by atoms with Gasteiger partial charge in [-0.3, -0.25) is 4.98 Å². The normalized spacial score (nSPS) is 17.9. The van der Waals surface area contributed by atoms with Crippen LogP contribution in [0.4, 0.5) is 13.2 Å². The Balaban J connectivity index is 1.53. The van der Waals surface area contributed by atoms with Crippen LogP contribution in [0, 0.1) is 17.5 Å². The zero-order chi connectivity index (χ0) is 20.0. The summed E-state index contributed by atoms with van der Waals surface area (Å²) in [6, 6.07) is 7.32. The molecular formula is C22H21F3N4. The minimum Gasteiger partial charge on any atom is -0.314 e. The average molecular weight is 398 g/mol. The van der Waals surface area contributed by atoms with Crippen LogP contribution in [0.15, 0.2) is 36.5 Å². The van der Waals surface area contributed by atoms with E-state index in [0.717, 1.165) is 61.6 Å². The van der Waals surface area contributed by atoms with E-state index in [0.29, 0.717) is 12.5 Å². The Morgan fingerprint density at radius 1 is 1.03 bits per heavy atom. The standard InChI is InChI=1S/C22H21F3N4/c23-15-12-17(24)16(18(25)13-15)7-11-29-20(14-5-6-14)27-28-21(29)22(8-3-9-22)19-4-1-2-10-26-19/h1-2,4,10,12-14H,3,5-9,11H2. The second-order valence-corrected chi connectivity index (χ2v) is 8.06. The van der Waals surface area contributed by atoms with Crippen molar-refractivity contribution in [3.8, 4) is 0 Å². The van der Waals surface area contributed by atoms with Gasteiger partial charge in [0.1, 0.15) is 29.1 Å². The van der Waals surface area contributed by atoms with E-state index in [4.69, 9.17) is 0 Å². The van der Waals surface area contributed by atoms with Gasteiger partial charge >= 0.3 is 0 Å². The minimum absolute atomic E-state index is 0.103. The molecule has 3 aromatic rings. The maximum Gasteiger partial charge on any atom is 0.145 e. The Morgan fingerprint density at radius 3 is 2.38 bits per heavy atom. The van der Waals surface area contributed by atoms with Gasteiger partial charge in [-0.15, -0.1) is 10.2 Å². The number of benzene rings is 1. The number of rotatable bonds is 6. The molecule has 0 spiro atoms. The van der Waals surface area contributed by atoms with E-state index in [2.05, 4.69) is 15.2 Å². The summed E-state index contributed by atoms with van der Waals surface area (Å²) >= 11 is 0. The summed E-state index contributed by atoms with van der Waals surface area (Å²) in [6.07, 6.45) is 6.91. The van der Waals surface area contributed by atoms with Crippen molar-refractivity contribution in [1.82, 2.24) is 19.7 Å². The molecule has 1 aromatic carbocycles. The molecule has 29 heavy (non-hydrogen) atoms. The van der Waals surface area contributed by atoms with Crippen molar-refractivity contribution in [2.75, 3.05) is 0 Å². The molecule has 7 heteroatoms. The highest BCUT2D eigenvalue weighted by Crippen LogP contribution is 2.49. The largest absolute Gasteiger partial charge is 0.314 e. The molecule has 0 unspecified atom stereocenters. The van der Waals surface area contributed by atoms with Gasteiger partial charge < -0.3 is 4.57 Å². The van der Waals surface area contributed by atoms with Gasteiger partial charge in [-0.2, -0.15) is 0 Å². The first-order chi connectivity index (χ1) is 14.1. The fourth-order valence-corrected chi connectivity index (χ4v) is 4.34. The van der Waals surface area contributed by atoms with E-state index in [1.165, 1.54) is 0 Å². The third-order valence-corrected chi connectivity index (χ3v) is 6.20. The molecule has 0 atom stereocenters. The topological polar surface area (TPSA) is 43.6 Å². The predicted molar refractivity (Wildman–Crippen MR) is 101 cm³/mol. The van der Waals surface area contributed by atoms with Gasteiger partial charge in [-0.1, -0.05) is 12.5 Å². The van der Waals surface area contributed by atoms with E-state index in [1.54, 1.807) is 6.20 Å². The number of pyridine rings is 1. The summed E-state index contributed by atoms with van der Waals surface area (Å²) in [6.45, 7) is 0.349. The monoisotopic (exact) mass is 398 g/mol. The molecule has 2 heterocycles. The lowest BCUT2D eigenvalue weighted by molar-refractivity contribution is 0.266. The van der Waals surface area contributed by atoms with Gasteiger partial charge in [0.15, 0.2) is 0 Å². The molecule has 2 aromatic heterocycles. The Kier molecular flexibility index (Phi) is 4.41. The Hall–Kier alpha value is -2.70. The first-order valence-electron chi connectivity index (χ1n) is 10.1. The van der Waals surface area contributed by atoms with Gasteiger partial charge in [-0.05, 0) is 44.2 Å². The van der Waals surface area contributed by atoms with Gasteiger partial charge in [0.25, 0.3) is 0 Å². The Morgan fingerprint density at radius 2 is 1.79 bits per heavy atom. The van der Waals surface area contributed by atoms with Crippen molar-refractivity contribution >= 4 is 0 Å². The lowest BCUT2D eigenvalue weighted by Gasteiger charge is -2.40. The summed E-state index contributed by atoms with van der Waals surface area (Å²) in [5.74, 6) is -0.560. The molecule has 0 saturated heterocycles. The molecule has 0 aliphatic heterocycles. The van der Waals surface area contributed by atoms with E-state index in [9.17, 15) is 13.2 Å². The van der Waals surface area contributed by atoms with Crippen molar-refractivity contribution in [3.05, 3.63) is 76.9 Å². The zero-order valence-corrected chi connectivity index (χ0v) is 15.9. The van der Waals surface area contributed by atoms with Crippen molar-refractivity contribution < 1.29 is 13.2 Å². The van der Waals surface area contributed by atoms with Crippen LogP contribution in [0.2, 0.25) is 0 Å². The quantitative estimate of drug-likeness (QED) is 0.606. The third kappa shape index (κ3) is 3.12. The fourth-order valence-electron chi connectivity index (χ4n) is 4.34. The lowest BCUT2D eigenvalue weighted by atomic mass is 9.65. The van der Waals surface area contributed by atoms with Crippen LogP contribution >= 0.6 is 0 Å². The molecule has 2 aliphatic rings.